The molecule has 1 saturated carbocycles. The molecule has 0 bridgehead atoms. The van der Waals surface area contributed by atoms with Crippen molar-refractivity contribution in [1.29, 1.82) is 0 Å². The van der Waals surface area contributed by atoms with Gasteiger partial charge in [-0.3, -0.25) is 0 Å². The minimum absolute atomic E-state index is 0.0261. The van der Waals surface area contributed by atoms with Crippen LogP contribution in [-0.2, 0) is 0 Å². The van der Waals surface area contributed by atoms with Gasteiger partial charge in [-0.15, -0.1) is 0 Å². The molecule has 2 rings (SSSR count). The lowest BCUT2D eigenvalue weighted by Crippen LogP contribution is -2.26. The smallest absolute Gasteiger partial charge is 0.120 e. The predicted molar refractivity (Wildman–Crippen MR) is 68.2 cm³/mol. The molecule has 1 fully saturated rings. The molecule has 3 heteroatoms. The van der Waals surface area contributed by atoms with Crippen LogP contribution in [-0.4, -0.2) is 23.9 Å². The Morgan fingerprint density at radius 3 is 2.76 bits per heavy atom. The molecule has 0 saturated heterocycles. The Morgan fingerprint density at radius 2 is 2.18 bits per heavy atom. The molecule has 2 N–H and O–H groups in total. The third-order valence-corrected chi connectivity index (χ3v) is 2.83. The summed E-state index contributed by atoms with van der Waals surface area (Å²) in [6.45, 7) is 4.15. The molecular formula is C14H21NO2. The summed E-state index contributed by atoms with van der Waals surface area (Å²) < 4.78 is 5.66. The maximum absolute atomic E-state index is 9.43. The number of hydrogen-bond donors (Lipinski definition) is 2. The van der Waals surface area contributed by atoms with Crippen molar-refractivity contribution in [2.24, 2.45) is 0 Å². The highest BCUT2D eigenvalue weighted by atomic mass is 16.5. The largest absolute Gasteiger partial charge is 0.491 e. The monoisotopic (exact) mass is 235 g/mol. The van der Waals surface area contributed by atoms with E-state index < -0.39 is 0 Å². The van der Waals surface area contributed by atoms with E-state index in [-0.39, 0.29) is 18.8 Å². The van der Waals surface area contributed by atoms with E-state index in [4.69, 9.17) is 4.74 Å². The van der Waals surface area contributed by atoms with E-state index in [9.17, 15) is 5.11 Å². The van der Waals surface area contributed by atoms with Crippen LogP contribution in [0.15, 0.2) is 24.3 Å². The zero-order valence-corrected chi connectivity index (χ0v) is 10.5. The van der Waals surface area contributed by atoms with Gasteiger partial charge in [-0.25, -0.2) is 0 Å². The lowest BCUT2D eigenvalue weighted by Gasteiger charge is -2.18. The highest BCUT2D eigenvalue weighted by Crippen LogP contribution is 2.26. The molecule has 1 unspecified atom stereocenters. The molecule has 17 heavy (non-hydrogen) atoms. The molecule has 0 spiro atoms. The standard InChI is InChI=1S/C14H21NO2/c1-10(2)17-13-5-3-4-11(8-13)14(9-16)15-12-6-7-12/h3-5,8,10,12,14-16H,6-7,9H2,1-2H3. The number of nitrogens with one attached hydrogen (secondary N) is 1. The molecule has 0 heterocycles. The van der Waals surface area contributed by atoms with Gasteiger partial charge in [0.1, 0.15) is 5.75 Å². The fraction of sp³-hybridized carbons (Fsp3) is 0.571. The van der Waals surface area contributed by atoms with Crippen LogP contribution in [0.3, 0.4) is 0 Å². The van der Waals surface area contributed by atoms with Gasteiger partial charge in [0.25, 0.3) is 0 Å². The number of hydrogen-bond acceptors (Lipinski definition) is 3. The summed E-state index contributed by atoms with van der Waals surface area (Å²) >= 11 is 0. The molecule has 0 aromatic heterocycles. The summed E-state index contributed by atoms with van der Waals surface area (Å²) in [7, 11) is 0. The normalized spacial score (nSPS) is 17.2. The van der Waals surface area contributed by atoms with Crippen LogP contribution < -0.4 is 10.1 Å². The first kappa shape index (κ1) is 12.4. The molecule has 94 valence electrons. The fourth-order valence-corrected chi connectivity index (χ4v) is 1.87. The third kappa shape index (κ3) is 3.72. The highest BCUT2D eigenvalue weighted by molar-refractivity contribution is 5.31. The second kappa shape index (κ2) is 5.52. The summed E-state index contributed by atoms with van der Waals surface area (Å²) in [5, 5.41) is 12.9. The molecule has 1 atom stereocenters. The number of ether oxygens (including phenoxy) is 1. The average Bonchev–Trinajstić information content (AvgIpc) is 3.09. The van der Waals surface area contributed by atoms with Crippen molar-refractivity contribution in [3.63, 3.8) is 0 Å². The highest BCUT2D eigenvalue weighted by Gasteiger charge is 2.25. The van der Waals surface area contributed by atoms with Gasteiger partial charge >= 0.3 is 0 Å². The summed E-state index contributed by atoms with van der Waals surface area (Å²) in [6, 6.07) is 8.58. The van der Waals surface area contributed by atoms with Crippen molar-refractivity contribution in [2.75, 3.05) is 6.61 Å². The minimum Gasteiger partial charge on any atom is -0.491 e. The molecule has 1 aliphatic carbocycles. The summed E-state index contributed by atoms with van der Waals surface area (Å²) in [4.78, 5) is 0. The summed E-state index contributed by atoms with van der Waals surface area (Å²) in [5.41, 5.74) is 1.09. The van der Waals surface area contributed by atoms with Gasteiger partial charge in [0.2, 0.25) is 0 Å². The summed E-state index contributed by atoms with van der Waals surface area (Å²) in [5.74, 6) is 0.869. The quantitative estimate of drug-likeness (QED) is 0.794. The van der Waals surface area contributed by atoms with Crippen molar-refractivity contribution >= 4 is 0 Å². The van der Waals surface area contributed by atoms with Crippen LogP contribution in [0.1, 0.15) is 38.3 Å². The van der Waals surface area contributed by atoms with Crippen LogP contribution in [0, 0.1) is 0 Å². The van der Waals surface area contributed by atoms with E-state index in [1.165, 1.54) is 12.8 Å². The van der Waals surface area contributed by atoms with E-state index in [2.05, 4.69) is 5.32 Å². The third-order valence-electron chi connectivity index (χ3n) is 2.83. The van der Waals surface area contributed by atoms with Gasteiger partial charge in [0.15, 0.2) is 0 Å². The van der Waals surface area contributed by atoms with E-state index in [1.807, 2.05) is 38.1 Å². The van der Waals surface area contributed by atoms with Crippen molar-refractivity contribution in [3.8, 4) is 5.75 Å². The maximum atomic E-state index is 9.43. The minimum atomic E-state index is 0.0261. The van der Waals surface area contributed by atoms with E-state index in [0.29, 0.717) is 6.04 Å². The summed E-state index contributed by atoms with van der Waals surface area (Å²) in [6.07, 6.45) is 2.62. The van der Waals surface area contributed by atoms with Gasteiger partial charge in [0, 0.05) is 6.04 Å². The van der Waals surface area contributed by atoms with Gasteiger partial charge in [-0.1, -0.05) is 12.1 Å². The molecular weight excluding hydrogens is 214 g/mol. The Hall–Kier alpha value is -1.06. The lowest BCUT2D eigenvalue weighted by atomic mass is 10.1. The Bertz CT molecular complexity index is 361. The van der Waals surface area contributed by atoms with Gasteiger partial charge in [0.05, 0.1) is 18.8 Å². The number of benzene rings is 1. The Labute approximate surface area is 103 Å². The van der Waals surface area contributed by atoms with Crippen LogP contribution in [0.5, 0.6) is 5.75 Å². The van der Waals surface area contributed by atoms with Gasteiger partial charge in [-0.05, 0) is 44.4 Å². The topological polar surface area (TPSA) is 41.5 Å². The van der Waals surface area contributed by atoms with E-state index >= 15 is 0 Å². The molecule has 0 radical (unpaired) electrons. The van der Waals surface area contributed by atoms with Crippen molar-refractivity contribution in [1.82, 2.24) is 5.32 Å². The zero-order valence-electron chi connectivity index (χ0n) is 10.5. The SMILES string of the molecule is CC(C)Oc1cccc(C(CO)NC2CC2)c1. The first-order valence-corrected chi connectivity index (χ1v) is 6.32. The second-order valence-corrected chi connectivity index (χ2v) is 4.92. The van der Waals surface area contributed by atoms with Crippen LogP contribution in [0.2, 0.25) is 0 Å². The molecule has 1 aromatic carbocycles. The number of aliphatic hydroxyl groups excluding tert-OH is 1. The number of rotatable bonds is 6. The number of aliphatic hydroxyl groups is 1. The first-order valence-electron chi connectivity index (χ1n) is 6.32. The Morgan fingerprint density at radius 1 is 1.41 bits per heavy atom. The van der Waals surface area contributed by atoms with E-state index in [0.717, 1.165) is 11.3 Å². The average molecular weight is 235 g/mol. The van der Waals surface area contributed by atoms with Gasteiger partial charge < -0.3 is 15.2 Å². The van der Waals surface area contributed by atoms with Crippen molar-refractivity contribution < 1.29 is 9.84 Å². The fourth-order valence-electron chi connectivity index (χ4n) is 1.87. The van der Waals surface area contributed by atoms with Crippen LogP contribution in [0.25, 0.3) is 0 Å². The maximum Gasteiger partial charge on any atom is 0.120 e. The van der Waals surface area contributed by atoms with Crippen molar-refractivity contribution in [3.05, 3.63) is 29.8 Å². The second-order valence-electron chi connectivity index (χ2n) is 4.92. The first-order chi connectivity index (χ1) is 8.19. The molecule has 3 nitrogen and oxygen atoms in total. The molecule has 0 aliphatic heterocycles. The zero-order chi connectivity index (χ0) is 12.3. The lowest BCUT2D eigenvalue weighted by molar-refractivity contribution is 0.236. The Kier molecular flexibility index (Phi) is 4.02. The van der Waals surface area contributed by atoms with E-state index in [1.54, 1.807) is 0 Å². The predicted octanol–water partition coefficient (Wildman–Crippen LogP) is 2.26. The molecule has 0 amide bonds. The Balaban J connectivity index is 2.06. The van der Waals surface area contributed by atoms with Gasteiger partial charge in [-0.2, -0.15) is 0 Å². The molecule has 1 aliphatic rings. The van der Waals surface area contributed by atoms with Crippen molar-refractivity contribution in [2.45, 2.75) is 44.9 Å². The molecule has 1 aromatic rings. The van der Waals surface area contributed by atoms with Crippen LogP contribution in [0.4, 0.5) is 0 Å². The van der Waals surface area contributed by atoms with Crippen LogP contribution >= 0.6 is 0 Å².